The molecular formula is C32H30N4O3S2. The Morgan fingerprint density at radius 2 is 1.85 bits per heavy atom. The topological polar surface area (TPSA) is 85.6 Å². The third-order valence-electron chi connectivity index (χ3n) is 7.21. The zero-order valence-corrected chi connectivity index (χ0v) is 24.6. The molecule has 208 valence electrons. The van der Waals surface area contributed by atoms with E-state index < -0.39 is 0 Å². The van der Waals surface area contributed by atoms with Crippen LogP contribution in [0.4, 0.5) is 0 Å². The van der Waals surface area contributed by atoms with Gasteiger partial charge in [-0.15, -0.1) is 11.3 Å². The lowest BCUT2D eigenvalue weighted by Gasteiger charge is -2.14. The fourth-order valence-corrected chi connectivity index (χ4v) is 7.26. The quantitative estimate of drug-likeness (QED) is 0.0976. The van der Waals surface area contributed by atoms with E-state index >= 15 is 0 Å². The van der Waals surface area contributed by atoms with E-state index in [1.165, 1.54) is 16.6 Å². The Kier molecular flexibility index (Phi) is 7.89. The van der Waals surface area contributed by atoms with Gasteiger partial charge in [-0.2, -0.15) is 5.10 Å². The molecule has 1 aliphatic carbocycles. The zero-order valence-electron chi connectivity index (χ0n) is 23.0. The molecule has 1 N–H and O–H groups in total. The minimum absolute atomic E-state index is 0.0641. The number of hydrogen-bond acceptors (Lipinski definition) is 7. The second-order valence-corrected chi connectivity index (χ2v) is 12.0. The van der Waals surface area contributed by atoms with Crippen molar-refractivity contribution >= 4 is 55.7 Å². The molecule has 2 heterocycles. The number of hydrazone groups is 1. The molecule has 0 saturated carbocycles. The second-order valence-electron chi connectivity index (χ2n) is 9.94. The van der Waals surface area contributed by atoms with Gasteiger partial charge in [-0.05, 0) is 91.8 Å². The number of rotatable bonds is 8. The van der Waals surface area contributed by atoms with Crippen molar-refractivity contribution in [2.45, 2.75) is 44.7 Å². The largest absolute Gasteiger partial charge is 0.494 e. The molecule has 1 amide bonds. The summed E-state index contributed by atoms with van der Waals surface area (Å²) in [7, 11) is 0. The number of aromatic nitrogens is 2. The second kappa shape index (κ2) is 11.9. The molecule has 7 nitrogen and oxygen atoms in total. The number of benzene rings is 3. The number of ether oxygens (including phenoxy) is 1. The van der Waals surface area contributed by atoms with Gasteiger partial charge in [0, 0.05) is 4.88 Å². The van der Waals surface area contributed by atoms with Gasteiger partial charge in [-0.3, -0.25) is 14.2 Å². The highest BCUT2D eigenvalue weighted by atomic mass is 32.2. The van der Waals surface area contributed by atoms with Crippen LogP contribution in [0, 0.1) is 0 Å². The van der Waals surface area contributed by atoms with Gasteiger partial charge in [0.15, 0.2) is 5.16 Å². The zero-order chi connectivity index (χ0) is 28.3. The van der Waals surface area contributed by atoms with Crippen molar-refractivity contribution in [3.63, 3.8) is 0 Å². The molecule has 41 heavy (non-hydrogen) atoms. The third-order valence-corrected chi connectivity index (χ3v) is 9.34. The summed E-state index contributed by atoms with van der Waals surface area (Å²) in [5, 5.41) is 7.80. The molecule has 3 aromatic carbocycles. The SMILES string of the molecule is CCOc1ccc(-n2c(SCC(=O)NN=C(C)c3ccc4ccccc4c3)nc3sc4c(c3c2=O)CCCC4)cc1. The first-order valence-electron chi connectivity index (χ1n) is 13.8. The molecule has 0 saturated heterocycles. The molecular weight excluding hydrogens is 553 g/mol. The van der Waals surface area contributed by atoms with E-state index in [0.29, 0.717) is 28.5 Å². The minimum Gasteiger partial charge on any atom is -0.494 e. The maximum atomic E-state index is 14.0. The standard InChI is InChI=1S/C32H30N4O3S2/c1-3-39-25-16-14-24(15-17-25)36-31(38)29-26-10-6-7-11-27(26)41-30(29)33-32(36)40-19-28(37)35-34-20(2)22-13-12-21-8-4-5-9-23(21)18-22/h4-5,8-9,12-18H,3,6-7,10-11,19H2,1-2H3,(H,35,37). The number of carbonyl (C=O) groups is 1. The fourth-order valence-electron chi connectivity index (χ4n) is 5.16. The van der Waals surface area contributed by atoms with Gasteiger partial charge in [0.25, 0.3) is 11.5 Å². The van der Waals surface area contributed by atoms with Gasteiger partial charge in [0.05, 0.1) is 29.1 Å². The third kappa shape index (κ3) is 5.64. The number of carbonyl (C=O) groups excluding carboxylic acids is 1. The van der Waals surface area contributed by atoms with Gasteiger partial charge in [-0.25, -0.2) is 10.4 Å². The first-order valence-corrected chi connectivity index (χ1v) is 15.6. The minimum atomic E-state index is -0.270. The van der Waals surface area contributed by atoms with Crippen molar-refractivity contribution in [3.8, 4) is 11.4 Å². The average Bonchev–Trinajstić information content (AvgIpc) is 3.38. The van der Waals surface area contributed by atoms with Crippen molar-refractivity contribution in [2.75, 3.05) is 12.4 Å². The number of thioether (sulfide) groups is 1. The van der Waals surface area contributed by atoms with Gasteiger partial charge >= 0.3 is 0 Å². The molecule has 0 aliphatic heterocycles. The Balaban J connectivity index is 1.27. The van der Waals surface area contributed by atoms with E-state index in [0.717, 1.165) is 58.2 Å². The molecule has 6 rings (SSSR count). The van der Waals surface area contributed by atoms with Crippen molar-refractivity contribution in [1.29, 1.82) is 0 Å². The maximum Gasteiger partial charge on any atom is 0.267 e. The Morgan fingerprint density at radius 3 is 2.66 bits per heavy atom. The monoisotopic (exact) mass is 582 g/mol. The number of nitrogens with one attached hydrogen (secondary N) is 1. The predicted molar refractivity (Wildman–Crippen MR) is 168 cm³/mol. The van der Waals surface area contributed by atoms with Crippen LogP contribution in [-0.2, 0) is 17.6 Å². The van der Waals surface area contributed by atoms with Crippen LogP contribution >= 0.6 is 23.1 Å². The van der Waals surface area contributed by atoms with Crippen LogP contribution < -0.4 is 15.7 Å². The molecule has 0 radical (unpaired) electrons. The van der Waals surface area contributed by atoms with Crippen LogP contribution in [0.5, 0.6) is 5.75 Å². The van der Waals surface area contributed by atoms with Crippen molar-refractivity contribution in [3.05, 3.63) is 93.1 Å². The molecule has 5 aromatic rings. The Bertz CT molecular complexity index is 1840. The van der Waals surface area contributed by atoms with Crippen LogP contribution in [0.2, 0.25) is 0 Å². The first kappa shape index (κ1) is 27.2. The molecule has 0 fully saturated rings. The van der Waals surface area contributed by atoms with Crippen molar-refractivity contribution < 1.29 is 9.53 Å². The highest BCUT2D eigenvalue weighted by molar-refractivity contribution is 7.99. The normalized spacial score (nSPS) is 13.4. The molecule has 0 spiro atoms. The van der Waals surface area contributed by atoms with E-state index in [9.17, 15) is 9.59 Å². The first-order chi connectivity index (χ1) is 20.0. The lowest BCUT2D eigenvalue weighted by molar-refractivity contribution is -0.118. The summed E-state index contributed by atoms with van der Waals surface area (Å²) in [4.78, 5) is 33.8. The van der Waals surface area contributed by atoms with Crippen LogP contribution in [0.1, 0.15) is 42.7 Å². The summed E-state index contributed by atoms with van der Waals surface area (Å²) in [5.74, 6) is 0.529. The molecule has 0 bridgehead atoms. The van der Waals surface area contributed by atoms with Crippen LogP contribution in [-0.4, -0.2) is 33.5 Å². The van der Waals surface area contributed by atoms with E-state index in [1.54, 1.807) is 15.9 Å². The molecule has 0 atom stereocenters. The summed E-state index contributed by atoms with van der Waals surface area (Å²) >= 11 is 2.84. The van der Waals surface area contributed by atoms with Crippen molar-refractivity contribution in [2.24, 2.45) is 5.10 Å². The van der Waals surface area contributed by atoms with Crippen molar-refractivity contribution in [1.82, 2.24) is 15.0 Å². The Labute approximate surface area is 246 Å². The summed E-state index contributed by atoms with van der Waals surface area (Å²) in [6.45, 7) is 4.37. The Morgan fingerprint density at radius 1 is 1.07 bits per heavy atom. The molecule has 9 heteroatoms. The summed E-state index contributed by atoms with van der Waals surface area (Å²) in [6, 6.07) is 21.7. The summed E-state index contributed by atoms with van der Waals surface area (Å²) in [5.41, 5.74) is 6.06. The average molecular weight is 583 g/mol. The summed E-state index contributed by atoms with van der Waals surface area (Å²) < 4.78 is 7.22. The van der Waals surface area contributed by atoms with E-state index in [4.69, 9.17) is 9.72 Å². The lowest BCUT2D eigenvalue weighted by Crippen LogP contribution is -2.24. The van der Waals surface area contributed by atoms with Crippen LogP contribution in [0.3, 0.4) is 0 Å². The van der Waals surface area contributed by atoms with Crippen LogP contribution in [0.15, 0.2) is 81.8 Å². The van der Waals surface area contributed by atoms with E-state index in [-0.39, 0.29) is 17.2 Å². The molecule has 0 unspecified atom stereocenters. The number of aryl methyl sites for hydroxylation is 2. The van der Waals surface area contributed by atoms with E-state index in [2.05, 4.69) is 28.7 Å². The predicted octanol–water partition coefficient (Wildman–Crippen LogP) is 6.51. The van der Waals surface area contributed by atoms with Crippen LogP contribution in [0.25, 0.3) is 26.7 Å². The highest BCUT2D eigenvalue weighted by Gasteiger charge is 2.23. The number of amides is 1. The van der Waals surface area contributed by atoms with Gasteiger partial charge in [0.1, 0.15) is 10.6 Å². The Hall–Kier alpha value is -3.95. The molecule has 2 aromatic heterocycles. The lowest BCUT2D eigenvalue weighted by atomic mass is 9.97. The summed E-state index contributed by atoms with van der Waals surface area (Å²) in [6.07, 6.45) is 4.10. The van der Waals surface area contributed by atoms with E-state index in [1.807, 2.05) is 62.4 Å². The fraction of sp³-hybridized carbons (Fsp3) is 0.250. The molecule has 1 aliphatic rings. The maximum absolute atomic E-state index is 14.0. The van der Waals surface area contributed by atoms with Gasteiger partial charge < -0.3 is 4.74 Å². The van der Waals surface area contributed by atoms with Gasteiger partial charge in [0.2, 0.25) is 0 Å². The number of fused-ring (bicyclic) bond motifs is 4. The number of hydrogen-bond donors (Lipinski definition) is 1. The number of thiophene rings is 1. The van der Waals surface area contributed by atoms with Gasteiger partial charge in [-0.1, -0.05) is 48.2 Å². The highest BCUT2D eigenvalue weighted by Crippen LogP contribution is 2.35. The number of nitrogens with zero attached hydrogens (tertiary/aromatic N) is 3. The smallest absolute Gasteiger partial charge is 0.267 e.